The van der Waals surface area contributed by atoms with Gasteiger partial charge in [-0.3, -0.25) is 9.59 Å². The molecule has 2 aliphatic rings. The Kier molecular flexibility index (Phi) is 17.6. The minimum Gasteiger partial charge on any atom is -0.469 e. The zero-order valence-electron chi connectivity index (χ0n) is 22.3. The van der Waals surface area contributed by atoms with Gasteiger partial charge in [0, 0.05) is 19.5 Å². The van der Waals surface area contributed by atoms with E-state index < -0.39 is 5.91 Å². The van der Waals surface area contributed by atoms with E-state index in [9.17, 15) is 9.59 Å². The van der Waals surface area contributed by atoms with Crippen LogP contribution >= 0.6 is 0 Å². The first-order valence-electron chi connectivity index (χ1n) is 12.2. The number of hydrogen-bond donors (Lipinski definition) is 2. The second-order valence-electron chi connectivity index (χ2n) is 7.46. The van der Waals surface area contributed by atoms with Crippen LogP contribution in [0.15, 0.2) is 53.8 Å². The van der Waals surface area contributed by atoms with E-state index in [1.165, 1.54) is 7.11 Å². The van der Waals surface area contributed by atoms with E-state index in [4.69, 9.17) is 15.2 Å². The first-order chi connectivity index (χ1) is 17.4. The molecule has 3 N–H and O–H groups in total. The van der Waals surface area contributed by atoms with Crippen LogP contribution in [0, 0.1) is 5.92 Å². The highest BCUT2D eigenvalue weighted by atomic mass is 16.5. The van der Waals surface area contributed by atoms with Gasteiger partial charge in [-0.1, -0.05) is 32.9 Å². The number of nitrogens with zero attached hydrogens (tertiary/aromatic N) is 4. The van der Waals surface area contributed by atoms with Crippen LogP contribution in [0.25, 0.3) is 0 Å². The number of methoxy groups -OCH3 is 1. The van der Waals surface area contributed by atoms with Crippen LogP contribution in [0.3, 0.4) is 0 Å². The normalized spacial score (nSPS) is 14.3. The van der Waals surface area contributed by atoms with Gasteiger partial charge in [0.05, 0.1) is 19.0 Å². The second kappa shape index (κ2) is 19.6. The van der Waals surface area contributed by atoms with Crippen molar-refractivity contribution in [2.24, 2.45) is 21.9 Å². The molecule has 1 aromatic rings. The van der Waals surface area contributed by atoms with Crippen LogP contribution in [0.1, 0.15) is 53.4 Å². The number of anilines is 2. The molecular weight excluding hydrogens is 460 g/mol. The Balaban J connectivity index is 0.00000119. The molecule has 0 radical (unpaired) electrons. The van der Waals surface area contributed by atoms with Crippen LogP contribution in [0.5, 0.6) is 0 Å². The topological polar surface area (TPSA) is 132 Å². The lowest BCUT2D eigenvalue weighted by atomic mass is 9.93. The number of pyridine rings is 1. The maximum atomic E-state index is 12.1. The van der Waals surface area contributed by atoms with E-state index in [-0.39, 0.29) is 24.3 Å². The van der Waals surface area contributed by atoms with Crippen LogP contribution in [-0.4, -0.2) is 55.4 Å². The molecule has 0 spiro atoms. The molecule has 1 aromatic heterocycles. The third-order valence-electron chi connectivity index (χ3n) is 4.74. The number of allylic oxidation sites excluding steroid dienone is 2. The number of rotatable bonds is 6. The zero-order chi connectivity index (χ0) is 27.3. The summed E-state index contributed by atoms with van der Waals surface area (Å²) in [6.07, 6.45) is 8.57. The molecule has 0 aliphatic carbocycles. The molecule has 2 aliphatic heterocycles. The molecule has 10 nitrogen and oxygen atoms in total. The number of hydrogen-bond acceptors (Lipinski definition) is 9. The lowest BCUT2D eigenvalue weighted by molar-refractivity contribution is -0.141. The number of carbonyl (C=O) groups is 2. The summed E-state index contributed by atoms with van der Waals surface area (Å²) in [5, 5.41) is 9.89. The number of aromatic nitrogens is 1. The molecule has 200 valence electrons. The van der Waals surface area contributed by atoms with Crippen molar-refractivity contribution in [3.05, 3.63) is 43.6 Å². The Hall–Kier alpha value is -3.69. The van der Waals surface area contributed by atoms with Crippen molar-refractivity contribution in [2.45, 2.75) is 53.4 Å². The van der Waals surface area contributed by atoms with E-state index in [0.29, 0.717) is 18.0 Å². The quantitative estimate of drug-likeness (QED) is 0.438. The van der Waals surface area contributed by atoms with Crippen molar-refractivity contribution >= 4 is 35.1 Å². The number of esters is 1. The van der Waals surface area contributed by atoms with Gasteiger partial charge in [0.2, 0.25) is 0 Å². The van der Waals surface area contributed by atoms with Gasteiger partial charge in [-0.25, -0.2) is 4.98 Å². The number of nitrogens with one attached hydrogen (secondary N) is 1. The van der Waals surface area contributed by atoms with E-state index >= 15 is 0 Å². The molecule has 0 saturated carbocycles. The molecule has 0 atom stereocenters. The van der Waals surface area contributed by atoms with Crippen molar-refractivity contribution in [1.82, 2.24) is 4.98 Å². The number of amides is 1. The smallest absolute Gasteiger partial charge is 0.312 e. The number of piperidine rings is 1. The third kappa shape index (κ3) is 12.7. The highest BCUT2D eigenvalue weighted by molar-refractivity contribution is 6.40. The van der Waals surface area contributed by atoms with Crippen molar-refractivity contribution in [3.63, 3.8) is 0 Å². The van der Waals surface area contributed by atoms with Crippen LogP contribution in [-0.2, 0) is 19.1 Å². The van der Waals surface area contributed by atoms with Crippen LogP contribution in [0.4, 0.5) is 11.5 Å². The fourth-order valence-corrected chi connectivity index (χ4v) is 2.94. The van der Waals surface area contributed by atoms with Crippen LogP contribution < -0.4 is 16.0 Å². The predicted octanol–water partition coefficient (Wildman–Crippen LogP) is 4.30. The van der Waals surface area contributed by atoms with Gasteiger partial charge in [0.15, 0.2) is 5.84 Å². The minimum atomic E-state index is -0.510. The molecule has 1 fully saturated rings. The van der Waals surface area contributed by atoms with Crippen molar-refractivity contribution in [3.8, 4) is 0 Å². The average molecular weight is 503 g/mol. The summed E-state index contributed by atoms with van der Waals surface area (Å²) >= 11 is 0. The maximum absolute atomic E-state index is 12.1. The summed E-state index contributed by atoms with van der Waals surface area (Å²) in [7, 11) is 1.41. The summed E-state index contributed by atoms with van der Waals surface area (Å²) in [6, 6.07) is 3.61. The molecule has 3 rings (SSSR count). The molecule has 36 heavy (non-hydrogen) atoms. The fourth-order valence-electron chi connectivity index (χ4n) is 2.94. The predicted molar refractivity (Wildman–Crippen MR) is 147 cm³/mol. The summed E-state index contributed by atoms with van der Waals surface area (Å²) in [5.41, 5.74) is 5.95. The monoisotopic (exact) mass is 502 g/mol. The zero-order valence-corrected chi connectivity index (χ0v) is 22.3. The molecule has 0 unspecified atom stereocenters. The first kappa shape index (κ1) is 32.3. The number of amidine groups is 1. The van der Waals surface area contributed by atoms with Gasteiger partial charge in [0.25, 0.3) is 0 Å². The average Bonchev–Trinajstić information content (AvgIpc) is 2.91. The Labute approximate surface area is 215 Å². The molecule has 1 saturated heterocycles. The first-order valence-corrected chi connectivity index (χ1v) is 12.2. The van der Waals surface area contributed by atoms with Gasteiger partial charge in [-0.05, 0) is 44.2 Å². The Bertz CT molecular complexity index is 860. The molecule has 10 heteroatoms. The molecule has 0 aromatic carbocycles. The van der Waals surface area contributed by atoms with Crippen molar-refractivity contribution in [1.29, 1.82) is 0 Å². The maximum Gasteiger partial charge on any atom is 0.312 e. The SMILES string of the molecule is C=CC.C=CCC.CC.COC(=O)CC1CCN(c2ccc(NC(=O)C3=NN=C(N)CO3)cn2)CC1. The third-order valence-corrected chi connectivity index (χ3v) is 4.74. The van der Waals surface area contributed by atoms with E-state index in [1.54, 1.807) is 18.3 Å². The fraction of sp³-hybridized carbons (Fsp3) is 0.500. The largest absolute Gasteiger partial charge is 0.469 e. The van der Waals surface area contributed by atoms with Gasteiger partial charge >= 0.3 is 17.8 Å². The van der Waals surface area contributed by atoms with Gasteiger partial charge in [-0.2, -0.15) is 0 Å². The summed E-state index contributed by atoms with van der Waals surface area (Å²) in [5.74, 6) is 0.582. The Morgan fingerprint density at radius 1 is 1.25 bits per heavy atom. The van der Waals surface area contributed by atoms with E-state index in [1.807, 2.05) is 32.9 Å². The standard InChI is InChI=1S/C17H22N6O4.C4H8.C3H6.C2H6/c1-26-15(24)8-11-4-6-23(7-5-11)14-3-2-12(9-19-14)20-16(25)17-22-21-13(18)10-27-17;1-3-4-2;1-3-2;1-2/h2-3,9,11H,4-8,10H2,1H3,(H2,18,21)(H,20,25);3H,1,4H2,2H3;3H,1H2,2H3;1-2H3. The molecular formula is C26H42N6O4. The lowest BCUT2D eigenvalue weighted by Crippen LogP contribution is -2.35. The highest BCUT2D eigenvalue weighted by Gasteiger charge is 2.23. The Morgan fingerprint density at radius 2 is 1.86 bits per heavy atom. The van der Waals surface area contributed by atoms with Crippen LogP contribution in [0.2, 0.25) is 0 Å². The van der Waals surface area contributed by atoms with Crippen molar-refractivity contribution < 1.29 is 19.1 Å². The van der Waals surface area contributed by atoms with E-state index in [2.05, 4.69) is 45.5 Å². The van der Waals surface area contributed by atoms with Crippen molar-refractivity contribution in [2.75, 3.05) is 37.0 Å². The number of nitrogens with two attached hydrogens (primary N) is 1. The highest BCUT2D eigenvalue weighted by Crippen LogP contribution is 2.25. The summed E-state index contributed by atoms with van der Waals surface area (Å²) < 4.78 is 9.84. The number of carbonyl (C=O) groups excluding carboxylic acids is 2. The van der Waals surface area contributed by atoms with Gasteiger partial charge in [-0.15, -0.1) is 23.4 Å². The number of ether oxygens (including phenoxy) is 2. The van der Waals surface area contributed by atoms with Gasteiger partial charge < -0.3 is 25.4 Å². The lowest BCUT2D eigenvalue weighted by Gasteiger charge is -2.32. The summed E-state index contributed by atoms with van der Waals surface area (Å²) in [6.45, 7) is 16.5. The molecule has 3 heterocycles. The minimum absolute atomic E-state index is 0.0371. The Morgan fingerprint density at radius 3 is 2.31 bits per heavy atom. The van der Waals surface area contributed by atoms with Gasteiger partial charge in [0.1, 0.15) is 12.4 Å². The summed E-state index contributed by atoms with van der Waals surface area (Å²) in [4.78, 5) is 30.0. The second-order valence-corrected chi connectivity index (χ2v) is 7.46. The molecule has 0 bridgehead atoms. The molecule has 1 amide bonds. The van der Waals surface area contributed by atoms with E-state index in [0.717, 1.165) is 38.2 Å².